The lowest BCUT2D eigenvalue weighted by atomic mass is 10.1. The van der Waals surface area contributed by atoms with Gasteiger partial charge in [0.2, 0.25) is 0 Å². The van der Waals surface area contributed by atoms with Gasteiger partial charge in [-0.25, -0.2) is 0 Å². The lowest BCUT2D eigenvalue weighted by molar-refractivity contribution is -0.384. The summed E-state index contributed by atoms with van der Waals surface area (Å²) in [5.74, 6) is 0. The molecule has 1 aromatic rings. The van der Waals surface area contributed by atoms with Crippen molar-refractivity contribution in [2.24, 2.45) is 5.41 Å². The zero-order chi connectivity index (χ0) is 12.5. The molecular formula is C11H13ClN2O3. The fraction of sp³-hybridized carbons (Fsp3) is 0.455. The maximum absolute atomic E-state index is 10.8. The number of nitro benzene ring substituents is 1. The van der Waals surface area contributed by atoms with Crippen LogP contribution in [0.2, 0.25) is 5.02 Å². The number of aliphatic hydroxyl groups excluding tert-OH is 1. The van der Waals surface area contributed by atoms with Gasteiger partial charge in [-0.3, -0.25) is 10.1 Å². The topological polar surface area (TPSA) is 75.4 Å². The first-order valence-corrected chi connectivity index (χ1v) is 5.73. The third-order valence-electron chi connectivity index (χ3n) is 3.10. The minimum atomic E-state index is -0.447. The monoisotopic (exact) mass is 256 g/mol. The normalized spacial score (nSPS) is 16.6. The Morgan fingerprint density at radius 1 is 1.53 bits per heavy atom. The molecule has 0 saturated heterocycles. The third kappa shape index (κ3) is 2.68. The van der Waals surface area contributed by atoms with Crippen molar-refractivity contribution in [2.75, 3.05) is 18.5 Å². The standard InChI is InChI=1S/C11H13ClN2O3/c12-8-1-2-10(14(16)17)9(5-8)13-6-11(7-15)3-4-11/h1-2,5,13,15H,3-4,6-7H2. The number of anilines is 1. The summed E-state index contributed by atoms with van der Waals surface area (Å²) in [7, 11) is 0. The molecule has 1 aromatic carbocycles. The Labute approximate surface area is 104 Å². The van der Waals surface area contributed by atoms with Crippen molar-refractivity contribution < 1.29 is 10.0 Å². The molecule has 0 unspecified atom stereocenters. The highest BCUT2D eigenvalue weighted by molar-refractivity contribution is 6.31. The quantitative estimate of drug-likeness (QED) is 0.627. The molecule has 1 saturated carbocycles. The first-order chi connectivity index (χ1) is 8.06. The van der Waals surface area contributed by atoms with Crippen LogP contribution in [0.25, 0.3) is 0 Å². The van der Waals surface area contributed by atoms with E-state index in [4.69, 9.17) is 16.7 Å². The molecule has 0 amide bonds. The molecule has 0 radical (unpaired) electrons. The van der Waals surface area contributed by atoms with Gasteiger partial charge in [0.25, 0.3) is 5.69 Å². The van der Waals surface area contributed by atoms with E-state index in [-0.39, 0.29) is 17.7 Å². The van der Waals surface area contributed by atoms with Gasteiger partial charge in [-0.1, -0.05) is 11.6 Å². The number of nitrogens with zero attached hydrogens (tertiary/aromatic N) is 1. The van der Waals surface area contributed by atoms with E-state index in [1.165, 1.54) is 18.2 Å². The van der Waals surface area contributed by atoms with Crippen molar-refractivity contribution in [3.8, 4) is 0 Å². The summed E-state index contributed by atoms with van der Waals surface area (Å²) in [5, 5.41) is 23.4. The van der Waals surface area contributed by atoms with Gasteiger partial charge >= 0.3 is 0 Å². The number of hydrogen-bond acceptors (Lipinski definition) is 4. The van der Waals surface area contributed by atoms with E-state index in [1.807, 2.05) is 0 Å². The van der Waals surface area contributed by atoms with Gasteiger partial charge in [0, 0.05) is 23.0 Å². The molecule has 0 heterocycles. The zero-order valence-electron chi connectivity index (χ0n) is 9.15. The number of nitro groups is 1. The lowest BCUT2D eigenvalue weighted by Gasteiger charge is -2.14. The zero-order valence-corrected chi connectivity index (χ0v) is 9.91. The van der Waals surface area contributed by atoms with Gasteiger partial charge < -0.3 is 10.4 Å². The Balaban J connectivity index is 2.13. The average Bonchev–Trinajstić information content (AvgIpc) is 3.07. The second-order valence-corrected chi connectivity index (χ2v) is 4.87. The van der Waals surface area contributed by atoms with Crippen LogP contribution in [0, 0.1) is 15.5 Å². The number of hydrogen-bond donors (Lipinski definition) is 2. The number of rotatable bonds is 5. The number of aliphatic hydroxyl groups is 1. The van der Waals surface area contributed by atoms with Gasteiger partial charge in [-0.05, 0) is 25.0 Å². The van der Waals surface area contributed by atoms with E-state index in [9.17, 15) is 10.1 Å². The Bertz CT molecular complexity index is 446. The first-order valence-electron chi connectivity index (χ1n) is 5.35. The van der Waals surface area contributed by atoms with E-state index in [2.05, 4.69) is 5.32 Å². The van der Waals surface area contributed by atoms with Crippen molar-refractivity contribution in [3.05, 3.63) is 33.3 Å². The summed E-state index contributed by atoms with van der Waals surface area (Å²) >= 11 is 5.81. The summed E-state index contributed by atoms with van der Waals surface area (Å²) in [6.07, 6.45) is 1.90. The summed E-state index contributed by atoms with van der Waals surface area (Å²) in [6.45, 7) is 0.638. The van der Waals surface area contributed by atoms with Gasteiger partial charge in [-0.2, -0.15) is 0 Å². The van der Waals surface area contributed by atoms with Crippen molar-refractivity contribution in [3.63, 3.8) is 0 Å². The number of benzene rings is 1. The smallest absolute Gasteiger partial charge is 0.292 e. The highest BCUT2D eigenvalue weighted by Crippen LogP contribution is 2.45. The van der Waals surface area contributed by atoms with Gasteiger partial charge in [0.15, 0.2) is 0 Å². The number of halogens is 1. The molecule has 17 heavy (non-hydrogen) atoms. The first kappa shape index (κ1) is 12.1. The number of nitrogens with one attached hydrogen (secondary N) is 1. The van der Waals surface area contributed by atoms with Crippen LogP contribution in [-0.4, -0.2) is 23.2 Å². The summed E-state index contributed by atoms with van der Waals surface area (Å²) in [6, 6.07) is 4.40. The molecule has 2 N–H and O–H groups in total. The van der Waals surface area contributed by atoms with Crippen molar-refractivity contribution in [1.29, 1.82) is 0 Å². The van der Waals surface area contributed by atoms with Crippen molar-refractivity contribution in [2.45, 2.75) is 12.8 Å². The van der Waals surface area contributed by atoms with Crippen molar-refractivity contribution in [1.82, 2.24) is 0 Å². The third-order valence-corrected chi connectivity index (χ3v) is 3.34. The second-order valence-electron chi connectivity index (χ2n) is 4.43. The Kier molecular flexibility index (Phi) is 3.22. The van der Waals surface area contributed by atoms with Gasteiger partial charge in [0.05, 0.1) is 11.5 Å². The lowest BCUT2D eigenvalue weighted by Crippen LogP contribution is -2.19. The molecule has 92 valence electrons. The van der Waals surface area contributed by atoms with Crippen LogP contribution in [-0.2, 0) is 0 Å². The van der Waals surface area contributed by atoms with E-state index in [1.54, 1.807) is 0 Å². The molecule has 5 nitrogen and oxygen atoms in total. The maximum atomic E-state index is 10.8. The van der Waals surface area contributed by atoms with E-state index in [0.29, 0.717) is 17.3 Å². The molecule has 6 heteroatoms. The van der Waals surface area contributed by atoms with Crippen LogP contribution in [0.4, 0.5) is 11.4 Å². The molecule has 1 fully saturated rings. The van der Waals surface area contributed by atoms with Crippen LogP contribution < -0.4 is 5.32 Å². The van der Waals surface area contributed by atoms with E-state index in [0.717, 1.165) is 12.8 Å². The molecule has 0 spiro atoms. The molecule has 0 bridgehead atoms. The van der Waals surface area contributed by atoms with Crippen LogP contribution in [0.3, 0.4) is 0 Å². The molecule has 2 rings (SSSR count). The average molecular weight is 257 g/mol. The second kappa shape index (κ2) is 4.50. The molecule has 1 aliphatic carbocycles. The minimum Gasteiger partial charge on any atom is -0.396 e. The van der Waals surface area contributed by atoms with E-state index < -0.39 is 4.92 Å². The predicted octanol–water partition coefficient (Wildman–Crippen LogP) is 2.43. The van der Waals surface area contributed by atoms with Crippen LogP contribution >= 0.6 is 11.6 Å². The predicted molar refractivity (Wildman–Crippen MR) is 65.3 cm³/mol. The van der Waals surface area contributed by atoms with Gasteiger partial charge in [0.1, 0.15) is 5.69 Å². The molecular weight excluding hydrogens is 244 g/mol. The van der Waals surface area contributed by atoms with Crippen LogP contribution in [0.1, 0.15) is 12.8 Å². The fourth-order valence-electron chi connectivity index (χ4n) is 1.66. The van der Waals surface area contributed by atoms with Gasteiger partial charge in [-0.15, -0.1) is 0 Å². The SMILES string of the molecule is O=[N+]([O-])c1ccc(Cl)cc1NCC1(CO)CC1. The molecule has 0 aromatic heterocycles. The maximum Gasteiger partial charge on any atom is 0.292 e. The molecule has 0 aliphatic heterocycles. The van der Waals surface area contributed by atoms with Crippen molar-refractivity contribution >= 4 is 23.0 Å². The largest absolute Gasteiger partial charge is 0.396 e. The Morgan fingerprint density at radius 3 is 2.76 bits per heavy atom. The minimum absolute atomic E-state index is 0.00291. The Hall–Kier alpha value is -1.33. The highest BCUT2D eigenvalue weighted by Gasteiger charge is 2.41. The highest BCUT2D eigenvalue weighted by atomic mass is 35.5. The van der Waals surface area contributed by atoms with Crippen LogP contribution in [0.5, 0.6) is 0 Å². The summed E-state index contributed by atoms with van der Waals surface area (Å²) < 4.78 is 0. The van der Waals surface area contributed by atoms with Crippen LogP contribution in [0.15, 0.2) is 18.2 Å². The fourth-order valence-corrected chi connectivity index (χ4v) is 1.83. The Morgan fingerprint density at radius 2 is 2.24 bits per heavy atom. The summed E-state index contributed by atoms with van der Waals surface area (Å²) in [4.78, 5) is 10.4. The van der Waals surface area contributed by atoms with E-state index >= 15 is 0 Å². The summed E-state index contributed by atoms with van der Waals surface area (Å²) in [5.41, 5.74) is 0.307. The molecule has 0 atom stereocenters. The molecule has 1 aliphatic rings.